The van der Waals surface area contributed by atoms with Gasteiger partial charge in [-0.25, -0.2) is 0 Å². The normalized spacial score (nSPS) is 21.5. The fourth-order valence-corrected chi connectivity index (χ4v) is 2.28. The van der Waals surface area contributed by atoms with Crippen LogP contribution in [0.4, 0.5) is 0 Å². The quantitative estimate of drug-likeness (QED) is 0.733. The first kappa shape index (κ1) is 13.2. The molecule has 0 bridgehead atoms. The first-order valence-electron chi connectivity index (χ1n) is 5.14. The van der Waals surface area contributed by atoms with E-state index in [4.69, 9.17) is 34.8 Å². The molecule has 0 saturated heterocycles. The van der Waals surface area contributed by atoms with Crippen LogP contribution in [0.1, 0.15) is 26.7 Å². The highest BCUT2D eigenvalue weighted by atomic mass is 35.6. The zero-order valence-corrected chi connectivity index (χ0v) is 11.2. The molecule has 1 unspecified atom stereocenters. The third kappa shape index (κ3) is 3.30. The molecule has 0 N–H and O–H groups in total. The Kier molecular flexibility index (Phi) is 4.81. The van der Waals surface area contributed by atoms with Crippen molar-refractivity contribution >= 4 is 41.1 Å². The highest BCUT2D eigenvalue weighted by molar-refractivity contribution is 6.68. The van der Waals surface area contributed by atoms with Gasteiger partial charge in [0.25, 0.3) is 0 Å². The summed E-state index contributed by atoms with van der Waals surface area (Å²) in [5.74, 6) is 0. The van der Waals surface area contributed by atoms with Gasteiger partial charge in [-0.3, -0.25) is 5.01 Å². The van der Waals surface area contributed by atoms with Crippen LogP contribution in [0.25, 0.3) is 0 Å². The zero-order valence-electron chi connectivity index (χ0n) is 8.96. The number of halogens is 3. The Hall–Kier alpha value is 0.140. The van der Waals surface area contributed by atoms with Crippen molar-refractivity contribution in [1.29, 1.82) is 0 Å². The average Bonchev–Trinajstić information content (AvgIpc) is 2.56. The first-order valence-corrected chi connectivity index (χ1v) is 6.27. The van der Waals surface area contributed by atoms with Gasteiger partial charge >= 0.3 is 0 Å². The van der Waals surface area contributed by atoms with Gasteiger partial charge < -0.3 is 4.90 Å². The summed E-state index contributed by atoms with van der Waals surface area (Å²) in [5.41, 5.74) is 0. The van der Waals surface area contributed by atoms with Crippen LogP contribution in [0.3, 0.4) is 0 Å². The van der Waals surface area contributed by atoms with E-state index in [1.54, 1.807) is 11.3 Å². The second kappa shape index (κ2) is 5.46. The Morgan fingerprint density at radius 1 is 1.33 bits per heavy atom. The lowest BCUT2D eigenvalue weighted by Gasteiger charge is -2.34. The number of rotatable bonds is 4. The molecule has 0 aliphatic carbocycles. The third-order valence-electron chi connectivity index (χ3n) is 2.33. The minimum absolute atomic E-state index is 0.279. The van der Waals surface area contributed by atoms with Gasteiger partial charge in [-0.1, -0.05) is 48.1 Å². The van der Waals surface area contributed by atoms with Gasteiger partial charge in [0.2, 0.25) is 3.79 Å². The Labute approximate surface area is 106 Å². The summed E-state index contributed by atoms with van der Waals surface area (Å²) in [5, 5.41) is 6.01. The summed E-state index contributed by atoms with van der Waals surface area (Å²) < 4.78 is -1.33. The van der Waals surface area contributed by atoms with Gasteiger partial charge in [0.1, 0.15) is 6.34 Å². The van der Waals surface area contributed by atoms with E-state index in [1.165, 1.54) is 0 Å². The van der Waals surface area contributed by atoms with Gasteiger partial charge in [0.15, 0.2) is 6.17 Å². The van der Waals surface area contributed by atoms with Crippen LogP contribution in [0, 0.1) is 0 Å². The summed E-state index contributed by atoms with van der Waals surface area (Å²) in [6.07, 6.45) is 3.66. The van der Waals surface area contributed by atoms with E-state index in [0.29, 0.717) is 0 Å². The first-order chi connectivity index (χ1) is 7.00. The van der Waals surface area contributed by atoms with Crippen molar-refractivity contribution in [1.82, 2.24) is 9.91 Å². The Morgan fingerprint density at radius 3 is 2.47 bits per heavy atom. The van der Waals surface area contributed by atoms with E-state index in [-0.39, 0.29) is 6.17 Å². The molecule has 0 aromatic rings. The summed E-state index contributed by atoms with van der Waals surface area (Å²) in [7, 11) is 0. The number of unbranched alkanes of at least 4 members (excludes halogenated alkanes) is 1. The standard InChI is InChI=1S/C9H16Cl3N3/c1-3-5-6-14-7-13-15(4-2)8(14)9(10,11)12/h7-8H,3-6H2,1-2H3. The molecule has 15 heavy (non-hydrogen) atoms. The highest BCUT2D eigenvalue weighted by Gasteiger charge is 2.42. The van der Waals surface area contributed by atoms with E-state index in [2.05, 4.69) is 12.0 Å². The van der Waals surface area contributed by atoms with Gasteiger partial charge in [0.05, 0.1) is 0 Å². The number of hydrogen-bond acceptors (Lipinski definition) is 3. The molecule has 6 heteroatoms. The number of hydrogen-bond donors (Lipinski definition) is 0. The SMILES string of the molecule is CCCCN1C=NN(CC)C1C(Cl)(Cl)Cl. The van der Waals surface area contributed by atoms with E-state index < -0.39 is 3.79 Å². The molecule has 3 nitrogen and oxygen atoms in total. The Bertz CT molecular complexity index is 227. The minimum atomic E-state index is -1.33. The second-order valence-corrected chi connectivity index (χ2v) is 5.86. The monoisotopic (exact) mass is 271 g/mol. The third-order valence-corrected chi connectivity index (χ3v) is 2.92. The fraction of sp³-hybridized carbons (Fsp3) is 0.889. The van der Waals surface area contributed by atoms with E-state index in [1.807, 2.05) is 11.8 Å². The molecule has 0 spiro atoms. The van der Waals surface area contributed by atoms with Crippen LogP contribution < -0.4 is 0 Å². The smallest absolute Gasteiger partial charge is 0.230 e. The van der Waals surface area contributed by atoms with E-state index in [9.17, 15) is 0 Å². The minimum Gasteiger partial charge on any atom is -0.336 e. The highest BCUT2D eigenvalue weighted by Crippen LogP contribution is 2.37. The number of alkyl halides is 3. The van der Waals surface area contributed by atoms with Crippen molar-refractivity contribution in [3.63, 3.8) is 0 Å². The average molecular weight is 273 g/mol. The molecule has 0 saturated carbocycles. The second-order valence-electron chi connectivity index (χ2n) is 3.49. The predicted molar refractivity (Wildman–Crippen MR) is 66.6 cm³/mol. The molecule has 88 valence electrons. The lowest BCUT2D eigenvalue weighted by molar-refractivity contribution is 0.139. The zero-order chi connectivity index (χ0) is 11.5. The van der Waals surface area contributed by atoms with Crippen molar-refractivity contribution in [2.45, 2.75) is 36.6 Å². The largest absolute Gasteiger partial charge is 0.336 e. The molecule has 1 aliphatic heterocycles. The van der Waals surface area contributed by atoms with Crippen LogP contribution in [-0.4, -0.2) is 39.3 Å². The Balaban J connectivity index is 2.67. The lowest BCUT2D eigenvalue weighted by Crippen LogP contribution is -2.48. The van der Waals surface area contributed by atoms with Crippen molar-refractivity contribution in [2.24, 2.45) is 5.10 Å². The van der Waals surface area contributed by atoms with Gasteiger partial charge in [-0.05, 0) is 13.3 Å². The molecule has 1 rings (SSSR count). The molecular weight excluding hydrogens is 256 g/mol. The van der Waals surface area contributed by atoms with Crippen molar-refractivity contribution in [3.05, 3.63) is 0 Å². The molecule has 0 fully saturated rings. The van der Waals surface area contributed by atoms with E-state index >= 15 is 0 Å². The number of nitrogens with zero attached hydrogens (tertiary/aromatic N) is 3. The van der Waals surface area contributed by atoms with Crippen molar-refractivity contribution < 1.29 is 0 Å². The van der Waals surface area contributed by atoms with Gasteiger partial charge in [-0.2, -0.15) is 5.10 Å². The Morgan fingerprint density at radius 2 is 2.00 bits per heavy atom. The van der Waals surface area contributed by atoms with Crippen LogP contribution in [0.5, 0.6) is 0 Å². The predicted octanol–water partition coefficient (Wildman–Crippen LogP) is 3.06. The summed E-state index contributed by atoms with van der Waals surface area (Å²) in [6, 6.07) is 0. The summed E-state index contributed by atoms with van der Waals surface area (Å²) in [4.78, 5) is 1.99. The summed E-state index contributed by atoms with van der Waals surface area (Å²) in [6.45, 7) is 5.73. The van der Waals surface area contributed by atoms with Gasteiger partial charge in [-0.15, -0.1) is 0 Å². The molecule has 0 aromatic heterocycles. The molecular formula is C9H16Cl3N3. The fourth-order valence-electron chi connectivity index (χ4n) is 1.56. The molecule has 0 radical (unpaired) electrons. The molecule has 0 amide bonds. The molecule has 1 heterocycles. The molecule has 0 aromatic carbocycles. The maximum absolute atomic E-state index is 5.95. The van der Waals surface area contributed by atoms with Crippen molar-refractivity contribution in [3.8, 4) is 0 Å². The van der Waals surface area contributed by atoms with Gasteiger partial charge in [0, 0.05) is 13.1 Å². The molecule has 1 aliphatic rings. The lowest BCUT2D eigenvalue weighted by atomic mass is 10.3. The van der Waals surface area contributed by atoms with Crippen LogP contribution in [-0.2, 0) is 0 Å². The summed E-state index contributed by atoms with van der Waals surface area (Å²) >= 11 is 17.9. The molecule has 1 atom stereocenters. The van der Waals surface area contributed by atoms with Crippen molar-refractivity contribution in [2.75, 3.05) is 13.1 Å². The maximum atomic E-state index is 5.95. The van der Waals surface area contributed by atoms with Crippen LogP contribution in [0.15, 0.2) is 5.10 Å². The topological polar surface area (TPSA) is 18.8 Å². The van der Waals surface area contributed by atoms with Crippen LogP contribution in [0.2, 0.25) is 0 Å². The van der Waals surface area contributed by atoms with Crippen LogP contribution >= 0.6 is 34.8 Å². The maximum Gasteiger partial charge on any atom is 0.230 e. The van der Waals surface area contributed by atoms with E-state index in [0.717, 1.165) is 25.9 Å². The number of hydrazone groups is 1.